The highest BCUT2D eigenvalue weighted by Gasteiger charge is 2.53. The van der Waals surface area contributed by atoms with Crippen LogP contribution in [0, 0.1) is 0 Å². The average molecular weight is 1010 g/mol. The largest absolute Gasteiger partial charge is 0.436 e. The molecule has 0 radical (unpaired) electrons. The molecule has 360 valence electrons. The quantitative estimate of drug-likeness (QED) is 0.176. The summed E-state index contributed by atoms with van der Waals surface area (Å²) in [7, 11) is 0. The minimum Gasteiger partial charge on any atom is -0.436 e. The standard InChI is InChI=1S/C75H43NOS/c1-7-21-61-50(15-1)51-16-2-8-22-62(51)74(61)65-25-11-5-19-54(65)56-36-33-47(42-67(56)74)46-35-38-71-59(39-46)60-41-49(40-58(72(60)78-71)44-29-31-45(32-30-44)73-76-69-27-13-14-28-70(69)77-73)48-34-37-57-55-20-6-12-26-66(55)75(68(57)43-48)63-23-9-3-17-52(63)53-18-4-10-24-64(53)75/h1-43H. The Hall–Kier alpha value is -9.67. The Bertz CT molecular complexity index is 4770. The molecular weight excluding hydrogens is 963 g/mol. The summed E-state index contributed by atoms with van der Waals surface area (Å²) in [4.78, 5) is 4.86. The van der Waals surface area contributed by atoms with Gasteiger partial charge in [-0.05, 0) is 177 Å². The smallest absolute Gasteiger partial charge is 0.227 e. The van der Waals surface area contributed by atoms with E-state index in [1.54, 1.807) is 0 Å². The Labute approximate surface area is 454 Å². The predicted octanol–water partition coefficient (Wildman–Crippen LogP) is 19.6. The van der Waals surface area contributed by atoms with E-state index in [2.05, 4.69) is 237 Å². The molecule has 4 aliphatic carbocycles. The van der Waals surface area contributed by atoms with Crippen molar-refractivity contribution in [3.8, 4) is 89.3 Å². The third kappa shape index (κ3) is 5.43. The first kappa shape index (κ1) is 42.5. The minimum atomic E-state index is -0.439. The second-order valence-electron chi connectivity index (χ2n) is 21.6. The molecule has 0 saturated heterocycles. The van der Waals surface area contributed by atoms with Gasteiger partial charge in [0.25, 0.3) is 0 Å². The van der Waals surface area contributed by atoms with E-state index in [1.165, 1.54) is 137 Å². The van der Waals surface area contributed by atoms with Crippen LogP contribution in [0.2, 0.25) is 0 Å². The van der Waals surface area contributed by atoms with Gasteiger partial charge in [-0.1, -0.05) is 200 Å². The number of aromatic nitrogens is 1. The van der Waals surface area contributed by atoms with Crippen molar-refractivity contribution in [3.63, 3.8) is 0 Å². The number of hydrogen-bond donors (Lipinski definition) is 0. The van der Waals surface area contributed by atoms with Gasteiger partial charge < -0.3 is 4.42 Å². The lowest BCUT2D eigenvalue weighted by Crippen LogP contribution is -2.25. The second-order valence-corrected chi connectivity index (χ2v) is 22.6. The summed E-state index contributed by atoms with van der Waals surface area (Å²) in [6.07, 6.45) is 0. The van der Waals surface area contributed by atoms with Crippen LogP contribution < -0.4 is 0 Å². The Morgan fingerprint density at radius 2 is 0.667 bits per heavy atom. The maximum atomic E-state index is 6.27. The van der Waals surface area contributed by atoms with Gasteiger partial charge in [-0.15, -0.1) is 11.3 Å². The number of benzene rings is 12. The molecule has 0 unspecified atom stereocenters. The fourth-order valence-corrected chi connectivity index (χ4v) is 16.0. The number of thiophene rings is 1. The molecule has 2 nitrogen and oxygen atoms in total. The van der Waals surface area contributed by atoms with E-state index in [1.807, 2.05) is 35.6 Å². The van der Waals surface area contributed by atoms with Crippen LogP contribution in [-0.2, 0) is 10.8 Å². The van der Waals surface area contributed by atoms with Crippen LogP contribution in [0.3, 0.4) is 0 Å². The highest BCUT2D eigenvalue weighted by Crippen LogP contribution is 2.65. The van der Waals surface area contributed by atoms with Crippen molar-refractivity contribution in [1.82, 2.24) is 4.98 Å². The van der Waals surface area contributed by atoms with Crippen LogP contribution in [0.15, 0.2) is 265 Å². The van der Waals surface area contributed by atoms with Gasteiger partial charge in [0, 0.05) is 31.3 Å². The molecule has 3 heteroatoms. The number of fused-ring (bicyclic) bond motifs is 24. The van der Waals surface area contributed by atoms with Gasteiger partial charge in [0.1, 0.15) is 5.52 Å². The van der Waals surface area contributed by atoms with Gasteiger partial charge in [0.05, 0.1) is 10.8 Å². The zero-order valence-electron chi connectivity index (χ0n) is 42.1. The van der Waals surface area contributed by atoms with Gasteiger partial charge in [0.2, 0.25) is 5.89 Å². The number of nitrogens with zero attached hydrogens (tertiary/aromatic N) is 1. The van der Waals surface area contributed by atoms with Crippen molar-refractivity contribution < 1.29 is 4.42 Å². The molecule has 0 amide bonds. The molecule has 0 bridgehead atoms. The van der Waals surface area contributed by atoms with Crippen LogP contribution in [0.4, 0.5) is 0 Å². The molecular formula is C75H43NOS. The van der Waals surface area contributed by atoms with Crippen LogP contribution in [0.1, 0.15) is 44.5 Å². The first-order valence-electron chi connectivity index (χ1n) is 27.0. The molecule has 0 aliphatic heterocycles. The maximum Gasteiger partial charge on any atom is 0.227 e. The first-order valence-corrected chi connectivity index (χ1v) is 27.8. The van der Waals surface area contributed by atoms with Gasteiger partial charge in [0.15, 0.2) is 5.58 Å². The molecule has 12 aromatic carbocycles. The summed E-state index contributed by atoms with van der Waals surface area (Å²) in [5.74, 6) is 0.627. The summed E-state index contributed by atoms with van der Waals surface area (Å²) in [6, 6.07) is 97.9. The van der Waals surface area contributed by atoms with Crippen LogP contribution in [0.5, 0.6) is 0 Å². The minimum absolute atomic E-state index is 0.410. The van der Waals surface area contributed by atoms with E-state index in [0.717, 1.165) is 22.2 Å². The Kier molecular flexibility index (Phi) is 8.44. The summed E-state index contributed by atoms with van der Waals surface area (Å²) in [6.45, 7) is 0. The number of rotatable bonds is 4. The highest BCUT2D eigenvalue weighted by molar-refractivity contribution is 7.26. The van der Waals surface area contributed by atoms with E-state index < -0.39 is 10.8 Å². The van der Waals surface area contributed by atoms with E-state index in [9.17, 15) is 0 Å². The fraction of sp³-hybridized carbons (Fsp3) is 0.0267. The molecule has 2 aromatic heterocycles. The first-order chi connectivity index (χ1) is 38.6. The van der Waals surface area contributed by atoms with Crippen LogP contribution in [-0.4, -0.2) is 4.98 Å². The SMILES string of the molecule is c1ccc2c(c1)-c1ccccc1C21c2ccccc2-c2ccc(-c3ccc4sc5c(-c6ccc(-c7nc8ccccc8o7)cc6)cc(-c6ccc7c(c6)C6(c8ccccc8-c8ccccc86)c6ccccc6-7)cc5c4c3)cc21. The number of hydrogen-bond acceptors (Lipinski definition) is 3. The summed E-state index contributed by atoms with van der Waals surface area (Å²) < 4.78 is 8.80. The number of para-hydroxylation sites is 2. The van der Waals surface area contributed by atoms with Gasteiger partial charge in [-0.25, -0.2) is 4.98 Å². The summed E-state index contributed by atoms with van der Waals surface area (Å²) in [5, 5.41) is 2.52. The molecule has 0 N–H and O–H groups in total. The molecule has 0 atom stereocenters. The van der Waals surface area contributed by atoms with Crippen molar-refractivity contribution in [2.24, 2.45) is 0 Å². The molecule has 2 spiro atoms. The van der Waals surface area contributed by atoms with Gasteiger partial charge in [-0.2, -0.15) is 0 Å². The Morgan fingerprint density at radius 3 is 1.17 bits per heavy atom. The van der Waals surface area contributed by atoms with Crippen molar-refractivity contribution in [1.29, 1.82) is 0 Å². The lowest BCUT2D eigenvalue weighted by Gasteiger charge is -2.30. The average Bonchev–Trinajstić information content (AvgIpc) is 4.51. The third-order valence-electron chi connectivity index (χ3n) is 18.0. The maximum absolute atomic E-state index is 6.27. The lowest BCUT2D eigenvalue weighted by atomic mass is 9.70. The highest BCUT2D eigenvalue weighted by atomic mass is 32.1. The van der Waals surface area contributed by atoms with E-state index in [4.69, 9.17) is 9.40 Å². The molecule has 4 aliphatic rings. The summed E-state index contributed by atoms with van der Waals surface area (Å²) >= 11 is 1.89. The lowest BCUT2D eigenvalue weighted by molar-refractivity contribution is 0.620. The van der Waals surface area contributed by atoms with Crippen LogP contribution >= 0.6 is 11.3 Å². The van der Waals surface area contributed by atoms with Crippen molar-refractivity contribution in [3.05, 3.63) is 305 Å². The molecule has 18 rings (SSSR count). The second kappa shape index (κ2) is 15.5. The fourth-order valence-electron chi connectivity index (χ4n) is 14.8. The van der Waals surface area contributed by atoms with E-state index in [0.29, 0.717) is 5.89 Å². The molecule has 0 saturated carbocycles. The predicted molar refractivity (Wildman–Crippen MR) is 321 cm³/mol. The zero-order chi connectivity index (χ0) is 50.8. The molecule has 0 fully saturated rings. The Morgan fingerprint density at radius 1 is 0.282 bits per heavy atom. The van der Waals surface area contributed by atoms with Crippen molar-refractivity contribution in [2.45, 2.75) is 10.8 Å². The van der Waals surface area contributed by atoms with Gasteiger partial charge >= 0.3 is 0 Å². The Balaban J connectivity index is 0.845. The molecule has 78 heavy (non-hydrogen) atoms. The van der Waals surface area contributed by atoms with Crippen molar-refractivity contribution >= 4 is 42.6 Å². The van der Waals surface area contributed by atoms with E-state index in [-0.39, 0.29) is 0 Å². The molecule has 2 heterocycles. The topological polar surface area (TPSA) is 26.0 Å². The van der Waals surface area contributed by atoms with Crippen molar-refractivity contribution in [2.75, 3.05) is 0 Å². The molecule has 14 aromatic rings. The van der Waals surface area contributed by atoms with E-state index >= 15 is 0 Å². The third-order valence-corrected chi connectivity index (χ3v) is 19.2. The number of oxazole rings is 1. The van der Waals surface area contributed by atoms with Gasteiger partial charge in [-0.3, -0.25) is 0 Å². The monoisotopic (exact) mass is 1010 g/mol. The normalized spacial score (nSPS) is 14.1. The zero-order valence-corrected chi connectivity index (χ0v) is 42.9. The summed E-state index contributed by atoms with van der Waals surface area (Å²) in [5.41, 5.74) is 30.2. The van der Waals surface area contributed by atoms with Crippen LogP contribution in [0.25, 0.3) is 121 Å².